The molecule has 0 unspecified atom stereocenters. The first-order valence-corrected chi connectivity index (χ1v) is 17.9. The fourth-order valence-corrected chi connectivity index (χ4v) is 8.18. The zero-order valence-corrected chi connectivity index (χ0v) is 29.1. The smallest absolute Gasteiger partial charge is 0.194 e. The monoisotopic (exact) mass is 686 g/mol. The highest BCUT2D eigenvalue weighted by molar-refractivity contribution is 6.13. The third-order valence-corrected chi connectivity index (χ3v) is 10.6. The molecule has 0 aliphatic heterocycles. The molecule has 0 aliphatic carbocycles. The van der Waals surface area contributed by atoms with Crippen LogP contribution in [-0.4, -0.2) is 9.13 Å². The van der Waals surface area contributed by atoms with Crippen LogP contribution in [0.2, 0.25) is 0 Å². The molecular weight excluding hydrogens is 657 g/mol. The van der Waals surface area contributed by atoms with Crippen LogP contribution in [0.4, 0.5) is 5.69 Å². The van der Waals surface area contributed by atoms with Gasteiger partial charge < -0.3 is 9.13 Å². The van der Waals surface area contributed by atoms with Crippen LogP contribution in [0, 0.1) is 17.9 Å². The van der Waals surface area contributed by atoms with Crippen molar-refractivity contribution in [1.29, 1.82) is 5.26 Å². The van der Waals surface area contributed by atoms with Gasteiger partial charge in [-0.2, -0.15) is 5.26 Å². The second-order valence-corrected chi connectivity index (χ2v) is 13.5. The third-order valence-electron chi connectivity index (χ3n) is 10.6. The summed E-state index contributed by atoms with van der Waals surface area (Å²) in [6.45, 7) is 8.03. The number of nitriles is 1. The average Bonchev–Trinajstić information content (AvgIpc) is 3.76. The van der Waals surface area contributed by atoms with Crippen LogP contribution < -0.4 is 0 Å². The molecule has 0 spiro atoms. The molecule has 0 radical (unpaired) electrons. The molecule has 10 rings (SSSR count). The van der Waals surface area contributed by atoms with Crippen LogP contribution in [0.15, 0.2) is 182 Å². The molecule has 10 aromatic rings. The van der Waals surface area contributed by atoms with Gasteiger partial charge in [-0.15, -0.1) is 0 Å². The normalized spacial score (nSPS) is 11.3. The van der Waals surface area contributed by atoms with Crippen molar-refractivity contribution in [1.82, 2.24) is 9.13 Å². The lowest BCUT2D eigenvalue weighted by molar-refractivity contribution is 1.17. The molecule has 0 saturated heterocycles. The lowest BCUT2D eigenvalue weighted by Gasteiger charge is -2.21. The molecule has 0 bridgehead atoms. The minimum Gasteiger partial charge on any atom is -0.309 e. The molecule has 250 valence electrons. The summed E-state index contributed by atoms with van der Waals surface area (Å²) < 4.78 is 4.79. The first-order chi connectivity index (χ1) is 26.7. The summed E-state index contributed by atoms with van der Waals surface area (Å²) in [5.74, 6) is 0. The Morgan fingerprint density at radius 2 is 0.926 bits per heavy atom. The predicted octanol–water partition coefficient (Wildman–Crippen LogP) is 13.3. The Morgan fingerprint density at radius 1 is 0.426 bits per heavy atom. The predicted molar refractivity (Wildman–Crippen MR) is 222 cm³/mol. The fraction of sp³-hybridized carbons (Fsp3) is 0. The van der Waals surface area contributed by atoms with Gasteiger partial charge in [0.05, 0.1) is 46.0 Å². The highest BCUT2D eigenvalue weighted by atomic mass is 15.0. The molecule has 2 heterocycles. The largest absolute Gasteiger partial charge is 0.309 e. The molecule has 8 aromatic carbocycles. The Morgan fingerprint density at radius 3 is 1.48 bits per heavy atom. The van der Waals surface area contributed by atoms with Gasteiger partial charge in [-0.3, -0.25) is 0 Å². The van der Waals surface area contributed by atoms with Gasteiger partial charge in [-0.05, 0) is 76.9 Å². The van der Waals surface area contributed by atoms with Gasteiger partial charge in [0.15, 0.2) is 5.69 Å². The van der Waals surface area contributed by atoms with Crippen LogP contribution in [-0.2, 0) is 0 Å². The zero-order chi connectivity index (χ0) is 36.2. The highest BCUT2D eigenvalue weighted by Gasteiger charge is 2.23. The Bertz CT molecular complexity index is 3060. The van der Waals surface area contributed by atoms with Gasteiger partial charge in [-0.25, -0.2) is 4.85 Å². The standard InChI is InChI=1S/C50H30N4/c1-52-45-26-24-33(32-51)28-41(45)36-29-42(34-14-4-2-5-15-34)50(43(30-36)35-16-6-3-7-17-35)54-48-23-13-10-20-40(48)44-31-37(25-27-49(44)54)53-46-21-11-8-18-38(46)39-19-9-12-22-47(39)53/h2-31H. The van der Waals surface area contributed by atoms with Crippen LogP contribution in [0.5, 0.6) is 0 Å². The Labute approximate surface area is 312 Å². The second-order valence-electron chi connectivity index (χ2n) is 13.5. The minimum absolute atomic E-state index is 0.509. The number of hydrogen-bond acceptors (Lipinski definition) is 1. The summed E-state index contributed by atoms with van der Waals surface area (Å²) in [6.07, 6.45) is 0. The van der Waals surface area contributed by atoms with Gasteiger partial charge in [0.2, 0.25) is 0 Å². The van der Waals surface area contributed by atoms with Crippen molar-refractivity contribution in [3.05, 3.63) is 199 Å². The van der Waals surface area contributed by atoms with E-state index < -0.39 is 0 Å². The van der Waals surface area contributed by atoms with Crippen molar-refractivity contribution < 1.29 is 0 Å². The maximum atomic E-state index is 9.86. The second kappa shape index (κ2) is 12.5. The van der Waals surface area contributed by atoms with Crippen LogP contribution >= 0.6 is 0 Å². The van der Waals surface area contributed by atoms with E-state index in [4.69, 9.17) is 6.57 Å². The summed E-state index contributed by atoms with van der Waals surface area (Å²) in [5, 5.41) is 14.6. The van der Waals surface area contributed by atoms with E-state index >= 15 is 0 Å². The van der Waals surface area contributed by atoms with Crippen molar-refractivity contribution in [2.75, 3.05) is 0 Å². The zero-order valence-electron chi connectivity index (χ0n) is 29.1. The third kappa shape index (κ3) is 4.83. The van der Waals surface area contributed by atoms with Crippen molar-refractivity contribution in [3.63, 3.8) is 0 Å². The van der Waals surface area contributed by atoms with Crippen LogP contribution in [0.3, 0.4) is 0 Å². The van der Waals surface area contributed by atoms with E-state index in [9.17, 15) is 5.26 Å². The van der Waals surface area contributed by atoms with Crippen molar-refractivity contribution in [3.8, 4) is 50.8 Å². The highest BCUT2D eigenvalue weighted by Crippen LogP contribution is 2.45. The molecule has 0 fully saturated rings. The number of benzene rings is 8. The van der Waals surface area contributed by atoms with E-state index in [2.05, 4.69) is 172 Å². The van der Waals surface area contributed by atoms with Crippen molar-refractivity contribution in [2.45, 2.75) is 0 Å². The van der Waals surface area contributed by atoms with Gasteiger partial charge in [-0.1, -0.05) is 127 Å². The van der Waals surface area contributed by atoms with E-state index in [0.717, 1.165) is 66.6 Å². The van der Waals surface area contributed by atoms with E-state index in [-0.39, 0.29) is 0 Å². The summed E-state index contributed by atoms with van der Waals surface area (Å²) in [7, 11) is 0. The number of para-hydroxylation sites is 3. The number of fused-ring (bicyclic) bond motifs is 6. The maximum Gasteiger partial charge on any atom is 0.194 e. The van der Waals surface area contributed by atoms with E-state index in [0.29, 0.717) is 11.3 Å². The quantitative estimate of drug-likeness (QED) is 0.166. The lowest BCUT2D eigenvalue weighted by atomic mass is 9.89. The van der Waals surface area contributed by atoms with E-state index in [1.165, 1.54) is 21.8 Å². The molecule has 4 nitrogen and oxygen atoms in total. The number of hydrogen-bond donors (Lipinski definition) is 0. The van der Waals surface area contributed by atoms with Crippen LogP contribution in [0.25, 0.3) is 93.2 Å². The van der Waals surface area contributed by atoms with Gasteiger partial charge in [0, 0.05) is 38.4 Å². The molecule has 4 heteroatoms. The Balaban J connectivity index is 1.32. The number of rotatable bonds is 5. The maximum absolute atomic E-state index is 9.86. The topological polar surface area (TPSA) is 38.0 Å². The lowest BCUT2D eigenvalue weighted by Crippen LogP contribution is -2.02. The molecular formula is C50H30N4. The minimum atomic E-state index is 0.509. The Hall–Kier alpha value is -7.66. The number of nitrogens with zero attached hydrogens (tertiary/aromatic N) is 4. The SMILES string of the molecule is [C-]#[N+]c1ccc(C#N)cc1-c1cc(-c2ccccc2)c(-n2c3ccccc3c3cc(-n4c5ccccc5c5ccccc54)ccc32)c(-c2ccccc2)c1. The molecule has 0 N–H and O–H groups in total. The first-order valence-electron chi connectivity index (χ1n) is 17.9. The summed E-state index contributed by atoms with van der Waals surface area (Å²) in [6, 6.07) is 65.6. The average molecular weight is 687 g/mol. The molecule has 0 atom stereocenters. The van der Waals surface area contributed by atoms with E-state index in [1.807, 2.05) is 18.2 Å². The summed E-state index contributed by atoms with van der Waals surface area (Å²) in [4.78, 5) is 3.88. The molecule has 0 aliphatic rings. The van der Waals surface area contributed by atoms with E-state index in [1.54, 1.807) is 12.1 Å². The van der Waals surface area contributed by atoms with Crippen molar-refractivity contribution in [2.24, 2.45) is 0 Å². The number of aromatic nitrogens is 2. The molecule has 0 amide bonds. The summed E-state index contributed by atoms with van der Waals surface area (Å²) in [5.41, 5.74) is 13.5. The van der Waals surface area contributed by atoms with Crippen molar-refractivity contribution >= 4 is 49.3 Å². The molecule has 54 heavy (non-hydrogen) atoms. The molecule has 2 aromatic heterocycles. The molecule has 0 saturated carbocycles. The first kappa shape index (κ1) is 31.1. The summed E-state index contributed by atoms with van der Waals surface area (Å²) >= 11 is 0. The van der Waals surface area contributed by atoms with Crippen LogP contribution in [0.1, 0.15) is 5.56 Å². The van der Waals surface area contributed by atoms with Gasteiger partial charge >= 0.3 is 0 Å². The van der Waals surface area contributed by atoms with Gasteiger partial charge in [0.1, 0.15) is 0 Å². The Kier molecular flexibility index (Phi) is 7.22. The van der Waals surface area contributed by atoms with Gasteiger partial charge in [0.25, 0.3) is 0 Å². The fourth-order valence-electron chi connectivity index (χ4n) is 8.18.